The van der Waals surface area contributed by atoms with E-state index < -0.39 is 11.5 Å². The van der Waals surface area contributed by atoms with Gasteiger partial charge in [-0.3, -0.25) is 4.79 Å². The molecule has 4 aromatic rings. The minimum atomic E-state index is -1.59. The number of primary amides is 1. The van der Waals surface area contributed by atoms with E-state index in [1.165, 1.54) is 0 Å². The number of hydrogen-bond acceptors (Lipinski definition) is 5. The minimum Gasteiger partial charge on any atom is -0.471 e. The second-order valence-corrected chi connectivity index (χ2v) is 12.0. The summed E-state index contributed by atoms with van der Waals surface area (Å²) >= 11 is 0. The standard InChI is InChI=1S/C32H41N5O3/c1-4-5-9-26-20-25-8-6-7-10-27(25)30(35-26)40-18-17-37(2,3)28-13-11-23(21-32(28,39)31(33)38)19-24-12-14-29-34-15-16-36(29)22-24/h6-8,10,12,14-16,20,22-23,28,39H,4-5,9,11,13,17-19,21H2,1-3H3,(H-,33,38)/p+1/t23?,28-,32-/m0/s1. The average molecular weight is 545 g/mol. The molecule has 0 aliphatic heterocycles. The van der Waals surface area contributed by atoms with Gasteiger partial charge in [-0.05, 0) is 67.2 Å². The number of carbonyl (C=O) groups is 1. The van der Waals surface area contributed by atoms with Crippen LogP contribution in [0.1, 0.15) is 50.3 Å². The summed E-state index contributed by atoms with van der Waals surface area (Å²) in [5.41, 5.74) is 7.40. The molecule has 1 unspecified atom stereocenters. The van der Waals surface area contributed by atoms with Crippen molar-refractivity contribution in [3.8, 4) is 5.88 Å². The number of benzene rings is 1. The van der Waals surface area contributed by atoms with Gasteiger partial charge in [0, 0.05) is 36.1 Å². The Labute approximate surface area is 236 Å². The minimum absolute atomic E-state index is 0.160. The van der Waals surface area contributed by atoms with Gasteiger partial charge in [0.15, 0.2) is 5.60 Å². The maximum Gasteiger partial charge on any atom is 0.255 e. The Hall–Kier alpha value is -3.49. The third kappa shape index (κ3) is 5.83. The lowest BCUT2D eigenvalue weighted by Crippen LogP contribution is -2.68. The first-order chi connectivity index (χ1) is 19.2. The highest BCUT2D eigenvalue weighted by atomic mass is 16.5. The van der Waals surface area contributed by atoms with Crippen LogP contribution >= 0.6 is 0 Å². The number of quaternary nitrogens is 1. The molecule has 0 spiro atoms. The van der Waals surface area contributed by atoms with Crippen LogP contribution in [0.4, 0.5) is 0 Å². The zero-order valence-electron chi connectivity index (χ0n) is 23.9. The van der Waals surface area contributed by atoms with Gasteiger partial charge in [0.05, 0.1) is 14.1 Å². The molecule has 1 amide bonds. The molecule has 3 N–H and O–H groups in total. The van der Waals surface area contributed by atoms with Gasteiger partial charge in [-0.1, -0.05) is 37.6 Å². The highest BCUT2D eigenvalue weighted by Crippen LogP contribution is 2.39. The molecule has 0 radical (unpaired) electrons. The smallest absolute Gasteiger partial charge is 0.255 e. The van der Waals surface area contributed by atoms with E-state index in [0.29, 0.717) is 36.4 Å². The Morgan fingerprint density at radius 2 is 2.05 bits per heavy atom. The van der Waals surface area contributed by atoms with E-state index in [2.05, 4.69) is 50.4 Å². The topological polar surface area (TPSA) is 103 Å². The van der Waals surface area contributed by atoms with E-state index in [9.17, 15) is 9.90 Å². The lowest BCUT2D eigenvalue weighted by atomic mass is 9.71. The number of carbonyl (C=O) groups excluding carboxylic acids is 1. The molecule has 1 aliphatic rings. The van der Waals surface area contributed by atoms with Crippen LogP contribution in [-0.2, 0) is 17.6 Å². The monoisotopic (exact) mass is 544 g/mol. The highest BCUT2D eigenvalue weighted by molar-refractivity contribution is 5.87. The molecule has 5 rings (SSSR count). The average Bonchev–Trinajstić information content (AvgIpc) is 3.39. The second-order valence-electron chi connectivity index (χ2n) is 12.0. The number of imidazole rings is 1. The number of ether oxygens (including phenoxy) is 1. The Morgan fingerprint density at radius 3 is 2.85 bits per heavy atom. The first-order valence-corrected chi connectivity index (χ1v) is 14.5. The number of hydrogen-bond donors (Lipinski definition) is 2. The van der Waals surface area contributed by atoms with Crippen molar-refractivity contribution >= 4 is 22.3 Å². The summed E-state index contributed by atoms with van der Waals surface area (Å²) < 4.78 is 8.72. The van der Waals surface area contributed by atoms with Crippen molar-refractivity contribution in [3.63, 3.8) is 0 Å². The first kappa shape index (κ1) is 28.1. The highest BCUT2D eigenvalue weighted by Gasteiger charge is 2.54. The zero-order valence-corrected chi connectivity index (χ0v) is 23.9. The lowest BCUT2D eigenvalue weighted by Gasteiger charge is -2.49. The van der Waals surface area contributed by atoms with Crippen molar-refractivity contribution in [1.29, 1.82) is 0 Å². The molecule has 3 heterocycles. The molecule has 8 nitrogen and oxygen atoms in total. The van der Waals surface area contributed by atoms with Crippen LogP contribution in [0.25, 0.3) is 16.4 Å². The van der Waals surface area contributed by atoms with E-state index >= 15 is 0 Å². The summed E-state index contributed by atoms with van der Waals surface area (Å²) in [7, 11) is 4.11. The fourth-order valence-corrected chi connectivity index (χ4v) is 6.45. The van der Waals surface area contributed by atoms with Crippen molar-refractivity contribution < 1.29 is 19.1 Å². The van der Waals surface area contributed by atoms with Gasteiger partial charge in [0.1, 0.15) is 24.8 Å². The van der Waals surface area contributed by atoms with Crippen LogP contribution in [0, 0.1) is 5.92 Å². The van der Waals surface area contributed by atoms with Crippen LogP contribution in [0.5, 0.6) is 5.88 Å². The molecule has 1 fully saturated rings. The van der Waals surface area contributed by atoms with E-state index in [-0.39, 0.29) is 12.0 Å². The molecule has 0 saturated heterocycles. The van der Waals surface area contributed by atoms with Crippen molar-refractivity contribution in [1.82, 2.24) is 14.4 Å². The van der Waals surface area contributed by atoms with Gasteiger partial charge in [0.2, 0.25) is 5.88 Å². The number of unbranched alkanes of at least 4 members (excludes halogenated alkanes) is 1. The molecule has 3 atom stereocenters. The quantitative estimate of drug-likeness (QED) is 0.274. The van der Waals surface area contributed by atoms with Gasteiger partial charge in [-0.15, -0.1) is 0 Å². The predicted octanol–water partition coefficient (Wildman–Crippen LogP) is 4.31. The van der Waals surface area contributed by atoms with E-state index in [0.717, 1.165) is 59.8 Å². The van der Waals surface area contributed by atoms with Gasteiger partial charge in [-0.25, -0.2) is 9.97 Å². The summed E-state index contributed by atoms with van der Waals surface area (Å²) in [6.07, 6.45) is 11.6. The van der Waals surface area contributed by atoms with Gasteiger partial charge in [-0.2, -0.15) is 0 Å². The Bertz CT molecular complexity index is 1480. The molecule has 40 heavy (non-hydrogen) atoms. The van der Waals surface area contributed by atoms with Crippen LogP contribution < -0.4 is 10.5 Å². The van der Waals surface area contributed by atoms with Crippen LogP contribution in [-0.4, -0.2) is 68.8 Å². The number of rotatable bonds is 11. The lowest BCUT2D eigenvalue weighted by molar-refractivity contribution is -0.922. The van der Waals surface area contributed by atoms with Crippen molar-refractivity contribution in [2.75, 3.05) is 27.2 Å². The van der Waals surface area contributed by atoms with Crippen molar-refractivity contribution in [2.24, 2.45) is 11.7 Å². The largest absolute Gasteiger partial charge is 0.471 e. The molecular formula is C32H42N5O3+. The van der Waals surface area contributed by atoms with Gasteiger partial charge in [0.25, 0.3) is 5.91 Å². The van der Waals surface area contributed by atoms with Crippen LogP contribution in [0.3, 0.4) is 0 Å². The number of aromatic nitrogens is 3. The normalized spacial score (nSPS) is 21.6. The number of pyridine rings is 2. The third-order valence-corrected chi connectivity index (χ3v) is 8.70. The molecule has 1 aliphatic carbocycles. The second kappa shape index (κ2) is 11.6. The molecule has 1 saturated carbocycles. The fourth-order valence-electron chi connectivity index (χ4n) is 6.45. The van der Waals surface area contributed by atoms with E-state index in [1.54, 1.807) is 6.20 Å². The summed E-state index contributed by atoms with van der Waals surface area (Å²) in [6, 6.07) is 14.1. The zero-order chi connectivity index (χ0) is 28.3. The van der Waals surface area contributed by atoms with Crippen LogP contribution in [0.2, 0.25) is 0 Å². The number of aliphatic hydroxyl groups is 1. The van der Waals surface area contributed by atoms with E-state index in [4.69, 9.17) is 15.5 Å². The number of amides is 1. The molecule has 1 aromatic carbocycles. The molecule has 3 aromatic heterocycles. The summed E-state index contributed by atoms with van der Waals surface area (Å²) in [6.45, 7) is 3.21. The predicted molar refractivity (Wildman–Crippen MR) is 157 cm³/mol. The van der Waals surface area contributed by atoms with Crippen molar-refractivity contribution in [2.45, 2.75) is 63.5 Å². The maximum absolute atomic E-state index is 12.7. The molecule has 8 heteroatoms. The number of likely N-dealkylation sites (N-methyl/N-ethyl adjacent to an activating group) is 1. The summed E-state index contributed by atoms with van der Waals surface area (Å²) in [5, 5.41) is 13.9. The Morgan fingerprint density at radius 1 is 1.23 bits per heavy atom. The maximum atomic E-state index is 12.7. The van der Waals surface area contributed by atoms with Gasteiger partial charge < -0.3 is 24.5 Å². The van der Waals surface area contributed by atoms with Crippen molar-refractivity contribution in [3.05, 3.63) is 72.3 Å². The number of nitrogens with two attached hydrogens (primary N) is 1. The van der Waals surface area contributed by atoms with E-state index in [1.807, 2.05) is 34.9 Å². The molecule has 0 bridgehead atoms. The van der Waals surface area contributed by atoms with Crippen LogP contribution in [0.15, 0.2) is 61.1 Å². The summed E-state index contributed by atoms with van der Waals surface area (Å²) in [4.78, 5) is 21.9. The number of fused-ring (bicyclic) bond motifs is 2. The SMILES string of the molecule is CCCCc1cc2ccccc2c(OCC[N+](C)(C)[C@H]2CCC(Cc3ccc4nccn4c3)C[C@@]2(O)C(N)=O)n1. The molecular weight excluding hydrogens is 502 g/mol. The molecule has 212 valence electrons. The first-order valence-electron chi connectivity index (χ1n) is 14.5. The fraction of sp³-hybridized carbons (Fsp3) is 0.469. The summed E-state index contributed by atoms with van der Waals surface area (Å²) in [5.74, 6) is 0.163. The number of aryl methyl sites for hydroxylation is 1. The number of nitrogens with zero attached hydrogens (tertiary/aromatic N) is 4. The Kier molecular flexibility index (Phi) is 8.10. The third-order valence-electron chi connectivity index (χ3n) is 8.70. The van der Waals surface area contributed by atoms with Gasteiger partial charge >= 0.3 is 0 Å². The Balaban J connectivity index is 1.27.